The summed E-state index contributed by atoms with van der Waals surface area (Å²) >= 11 is 15.2. The Labute approximate surface area is 161 Å². The van der Waals surface area contributed by atoms with Gasteiger partial charge in [0.25, 0.3) is 5.91 Å². The molecule has 1 heterocycles. The van der Waals surface area contributed by atoms with Gasteiger partial charge >= 0.3 is 0 Å². The highest BCUT2D eigenvalue weighted by molar-refractivity contribution is 9.10. The van der Waals surface area contributed by atoms with E-state index in [1.54, 1.807) is 36.5 Å². The van der Waals surface area contributed by atoms with Gasteiger partial charge in [-0.3, -0.25) is 9.48 Å². The van der Waals surface area contributed by atoms with Crippen LogP contribution < -0.4 is 5.32 Å². The number of carbonyl (C=O) groups is 1. The van der Waals surface area contributed by atoms with Crippen LogP contribution in [0.4, 0.5) is 10.2 Å². The molecule has 8 heteroatoms. The summed E-state index contributed by atoms with van der Waals surface area (Å²) < 4.78 is 16.0. The van der Waals surface area contributed by atoms with Gasteiger partial charge in [-0.15, -0.1) is 0 Å². The number of halogens is 4. The topological polar surface area (TPSA) is 46.9 Å². The van der Waals surface area contributed by atoms with Gasteiger partial charge in [0.15, 0.2) is 5.82 Å². The van der Waals surface area contributed by atoms with Crippen LogP contribution in [0.2, 0.25) is 10.0 Å². The van der Waals surface area contributed by atoms with Crippen molar-refractivity contribution in [1.29, 1.82) is 0 Å². The van der Waals surface area contributed by atoms with Crippen LogP contribution in [0, 0.1) is 5.82 Å². The summed E-state index contributed by atoms with van der Waals surface area (Å²) in [7, 11) is 0. The van der Waals surface area contributed by atoms with Gasteiger partial charge in [0.2, 0.25) is 0 Å². The summed E-state index contributed by atoms with van der Waals surface area (Å²) in [5.74, 6) is -0.412. The Kier molecular flexibility index (Phi) is 5.42. The summed E-state index contributed by atoms with van der Waals surface area (Å²) in [6.07, 6.45) is 1.64. The minimum absolute atomic E-state index is 0.140. The molecular formula is C17H11BrCl2FN3O. The summed E-state index contributed by atoms with van der Waals surface area (Å²) in [6.45, 7) is 0.140. The molecule has 3 aromatic rings. The maximum Gasteiger partial charge on any atom is 0.256 e. The molecule has 1 N–H and O–H groups in total. The molecule has 25 heavy (non-hydrogen) atoms. The molecule has 0 aliphatic rings. The average molecular weight is 443 g/mol. The van der Waals surface area contributed by atoms with E-state index < -0.39 is 5.82 Å². The predicted octanol–water partition coefficient (Wildman–Crippen LogP) is 5.39. The van der Waals surface area contributed by atoms with Crippen molar-refractivity contribution < 1.29 is 9.18 Å². The van der Waals surface area contributed by atoms with E-state index >= 15 is 0 Å². The van der Waals surface area contributed by atoms with Crippen LogP contribution in [0.1, 0.15) is 15.9 Å². The number of carbonyl (C=O) groups excluding carboxylic acids is 1. The molecule has 1 aromatic heterocycles. The first-order valence-corrected chi connectivity index (χ1v) is 8.71. The molecule has 0 atom stereocenters. The summed E-state index contributed by atoms with van der Waals surface area (Å²) in [5, 5.41) is 7.81. The largest absolute Gasteiger partial charge is 0.304 e. The molecule has 0 saturated carbocycles. The van der Waals surface area contributed by atoms with E-state index in [0.717, 1.165) is 0 Å². The Balaban J connectivity index is 1.78. The van der Waals surface area contributed by atoms with Gasteiger partial charge in [-0.25, -0.2) is 4.39 Å². The number of benzene rings is 2. The van der Waals surface area contributed by atoms with Crippen LogP contribution in [-0.2, 0) is 6.54 Å². The highest BCUT2D eigenvalue weighted by Crippen LogP contribution is 2.24. The zero-order valence-electron chi connectivity index (χ0n) is 12.6. The first kappa shape index (κ1) is 17.9. The first-order chi connectivity index (χ1) is 11.9. The van der Waals surface area contributed by atoms with E-state index in [4.69, 9.17) is 23.2 Å². The Bertz CT molecular complexity index is 908. The Morgan fingerprint density at radius 1 is 1.20 bits per heavy atom. The van der Waals surface area contributed by atoms with Crippen molar-refractivity contribution in [3.63, 3.8) is 0 Å². The maximum absolute atomic E-state index is 13.9. The second kappa shape index (κ2) is 7.56. The van der Waals surface area contributed by atoms with E-state index in [9.17, 15) is 9.18 Å². The van der Waals surface area contributed by atoms with Gasteiger partial charge in [-0.05, 0) is 52.3 Å². The predicted molar refractivity (Wildman–Crippen MR) is 99.8 cm³/mol. The van der Waals surface area contributed by atoms with Crippen molar-refractivity contribution in [3.8, 4) is 0 Å². The van der Waals surface area contributed by atoms with Crippen LogP contribution in [-0.4, -0.2) is 15.7 Å². The Hall–Kier alpha value is -1.89. The van der Waals surface area contributed by atoms with Crippen molar-refractivity contribution in [1.82, 2.24) is 9.78 Å². The monoisotopic (exact) mass is 441 g/mol. The molecule has 3 rings (SSSR count). The molecule has 4 nitrogen and oxygen atoms in total. The van der Waals surface area contributed by atoms with E-state index in [1.807, 2.05) is 0 Å². The van der Waals surface area contributed by atoms with Gasteiger partial charge in [-0.1, -0.05) is 29.3 Å². The minimum Gasteiger partial charge on any atom is -0.304 e. The highest BCUT2D eigenvalue weighted by Gasteiger charge is 2.14. The molecule has 0 bridgehead atoms. The number of rotatable bonds is 4. The van der Waals surface area contributed by atoms with Gasteiger partial charge in [-0.2, -0.15) is 5.10 Å². The normalized spacial score (nSPS) is 10.7. The van der Waals surface area contributed by atoms with E-state index in [1.165, 1.54) is 16.8 Å². The van der Waals surface area contributed by atoms with Gasteiger partial charge in [0.1, 0.15) is 5.82 Å². The molecule has 0 aliphatic carbocycles. The van der Waals surface area contributed by atoms with Crippen molar-refractivity contribution in [3.05, 3.63) is 80.1 Å². The summed E-state index contributed by atoms with van der Waals surface area (Å²) in [4.78, 5) is 12.2. The molecule has 0 fully saturated rings. The zero-order valence-corrected chi connectivity index (χ0v) is 15.7. The van der Waals surface area contributed by atoms with Gasteiger partial charge in [0.05, 0.1) is 11.0 Å². The smallest absolute Gasteiger partial charge is 0.256 e. The third kappa shape index (κ3) is 4.21. The fraction of sp³-hybridized carbons (Fsp3) is 0.0588. The highest BCUT2D eigenvalue weighted by atomic mass is 79.9. The molecule has 0 saturated heterocycles. The molecule has 0 radical (unpaired) electrons. The second-order valence-corrected chi connectivity index (χ2v) is 6.88. The van der Waals surface area contributed by atoms with Gasteiger partial charge < -0.3 is 5.32 Å². The first-order valence-electron chi connectivity index (χ1n) is 7.17. The van der Waals surface area contributed by atoms with Crippen LogP contribution in [0.3, 0.4) is 0 Å². The SMILES string of the molecule is O=C(Nc1nn(Cc2c(F)cccc2Cl)cc1Br)c1ccc(Cl)cc1. The zero-order chi connectivity index (χ0) is 18.0. The number of anilines is 1. The third-order valence-corrected chi connectivity index (χ3v) is 4.62. The van der Waals surface area contributed by atoms with Crippen molar-refractivity contribution >= 4 is 50.9 Å². The standard InChI is InChI=1S/C17H11BrCl2FN3O/c18-13-9-24(8-12-14(20)2-1-3-15(12)21)23-16(13)22-17(25)10-4-6-11(19)7-5-10/h1-7,9H,8H2,(H,22,23,25). The van der Waals surface area contributed by atoms with Crippen LogP contribution in [0.25, 0.3) is 0 Å². The molecule has 0 unspecified atom stereocenters. The molecule has 128 valence electrons. The number of nitrogens with one attached hydrogen (secondary N) is 1. The summed E-state index contributed by atoms with van der Waals surface area (Å²) in [5.41, 5.74) is 0.776. The number of hydrogen-bond donors (Lipinski definition) is 1. The lowest BCUT2D eigenvalue weighted by Crippen LogP contribution is -2.13. The Morgan fingerprint density at radius 3 is 2.60 bits per heavy atom. The lowest BCUT2D eigenvalue weighted by atomic mass is 10.2. The van der Waals surface area contributed by atoms with Crippen molar-refractivity contribution in [2.24, 2.45) is 0 Å². The lowest BCUT2D eigenvalue weighted by molar-refractivity contribution is 0.102. The minimum atomic E-state index is -0.411. The Morgan fingerprint density at radius 2 is 1.92 bits per heavy atom. The molecular weight excluding hydrogens is 432 g/mol. The quantitative estimate of drug-likeness (QED) is 0.588. The number of aromatic nitrogens is 2. The lowest BCUT2D eigenvalue weighted by Gasteiger charge is -2.06. The maximum atomic E-state index is 13.9. The fourth-order valence-corrected chi connectivity index (χ4v) is 2.95. The number of amides is 1. The van der Waals surface area contributed by atoms with Crippen molar-refractivity contribution in [2.75, 3.05) is 5.32 Å². The molecule has 0 aliphatic heterocycles. The summed E-state index contributed by atoms with van der Waals surface area (Å²) in [6, 6.07) is 11.0. The molecule has 1 amide bonds. The number of nitrogens with zero attached hydrogens (tertiary/aromatic N) is 2. The van der Waals surface area contributed by atoms with Gasteiger partial charge in [0, 0.05) is 27.4 Å². The molecule has 2 aromatic carbocycles. The third-order valence-electron chi connectivity index (χ3n) is 3.44. The average Bonchev–Trinajstić information content (AvgIpc) is 2.91. The van der Waals surface area contributed by atoms with E-state index in [2.05, 4.69) is 26.3 Å². The van der Waals surface area contributed by atoms with Crippen LogP contribution in [0.15, 0.2) is 53.1 Å². The number of hydrogen-bond acceptors (Lipinski definition) is 2. The van der Waals surface area contributed by atoms with E-state index in [-0.39, 0.29) is 12.5 Å². The van der Waals surface area contributed by atoms with Crippen molar-refractivity contribution in [2.45, 2.75) is 6.54 Å². The van der Waals surface area contributed by atoms with Crippen LogP contribution in [0.5, 0.6) is 0 Å². The van der Waals surface area contributed by atoms with Crippen LogP contribution >= 0.6 is 39.1 Å². The molecule has 0 spiro atoms. The fourth-order valence-electron chi connectivity index (χ4n) is 2.19. The second-order valence-electron chi connectivity index (χ2n) is 5.18. The van der Waals surface area contributed by atoms with E-state index in [0.29, 0.717) is 31.5 Å².